The van der Waals surface area contributed by atoms with Crippen LogP contribution < -0.4 is 15.4 Å². The molecule has 2 N–H and O–H groups in total. The maximum absolute atomic E-state index is 12.6. The van der Waals surface area contributed by atoms with Gasteiger partial charge >= 0.3 is 0 Å². The zero-order valence-electron chi connectivity index (χ0n) is 17.4. The fourth-order valence-electron chi connectivity index (χ4n) is 2.51. The SMILES string of the molecule is CCOCCOc1ccccc1C(=O)NC(=S)Nc1ccc(CC(=O)N(C)C)cc1. The second-order valence-electron chi connectivity index (χ2n) is 6.61. The summed E-state index contributed by atoms with van der Waals surface area (Å²) in [4.78, 5) is 25.9. The quantitative estimate of drug-likeness (QED) is 0.471. The third kappa shape index (κ3) is 7.46. The van der Waals surface area contributed by atoms with E-state index in [1.165, 1.54) is 0 Å². The molecule has 0 radical (unpaired) electrons. The summed E-state index contributed by atoms with van der Waals surface area (Å²) in [7, 11) is 3.45. The minimum atomic E-state index is -0.368. The van der Waals surface area contributed by atoms with Crippen LogP contribution in [-0.2, 0) is 16.0 Å². The molecule has 0 unspecified atom stereocenters. The molecular weight excluding hydrogens is 402 g/mol. The number of likely N-dealkylation sites (N-methyl/N-ethyl adjacent to an activating group) is 1. The number of amides is 2. The van der Waals surface area contributed by atoms with E-state index in [-0.39, 0.29) is 16.9 Å². The highest BCUT2D eigenvalue weighted by atomic mass is 32.1. The molecule has 0 heterocycles. The van der Waals surface area contributed by atoms with E-state index in [2.05, 4.69) is 10.6 Å². The smallest absolute Gasteiger partial charge is 0.261 e. The molecule has 0 atom stereocenters. The maximum atomic E-state index is 12.6. The molecule has 2 aromatic rings. The normalized spacial score (nSPS) is 10.2. The molecule has 2 rings (SSSR count). The van der Waals surface area contributed by atoms with Gasteiger partial charge in [-0.15, -0.1) is 0 Å². The molecular formula is C22H27N3O4S. The number of rotatable bonds is 9. The second-order valence-corrected chi connectivity index (χ2v) is 7.02. The third-order valence-corrected chi connectivity index (χ3v) is 4.32. The van der Waals surface area contributed by atoms with Crippen molar-refractivity contribution in [2.24, 2.45) is 0 Å². The molecule has 8 heteroatoms. The van der Waals surface area contributed by atoms with Crippen LogP contribution in [0.5, 0.6) is 5.75 Å². The van der Waals surface area contributed by atoms with E-state index < -0.39 is 0 Å². The molecule has 0 fully saturated rings. The summed E-state index contributed by atoms with van der Waals surface area (Å²) in [6, 6.07) is 14.3. The molecule has 0 aliphatic rings. The molecule has 2 aromatic carbocycles. The average Bonchev–Trinajstić information content (AvgIpc) is 2.72. The molecule has 0 bridgehead atoms. The van der Waals surface area contributed by atoms with Gasteiger partial charge in [0.05, 0.1) is 18.6 Å². The lowest BCUT2D eigenvalue weighted by Crippen LogP contribution is -2.34. The first-order valence-electron chi connectivity index (χ1n) is 9.61. The number of hydrogen-bond donors (Lipinski definition) is 2. The highest BCUT2D eigenvalue weighted by Gasteiger charge is 2.14. The van der Waals surface area contributed by atoms with Crippen molar-refractivity contribution in [3.05, 3.63) is 59.7 Å². The zero-order valence-corrected chi connectivity index (χ0v) is 18.3. The first-order valence-corrected chi connectivity index (χ1v) is 10.0. The standard InChI is InChI=1S/C22H27N3O4S/c1-4-28-13-14-29-19-8-6-5-7-18(19)21(27)24-22(30)23-17-11-9-16(10-12-17)15-20(26)25(2)3/h5-12H,4,13-15H2,1-3H3,(H2,23,24,27,30). The van der Waals surface area contributed by atoms with Gasteiger partial charge in [0.15, 0.2) is 5.11 Å². The van der Waals surface area contributed by atoms with Crippen LogP contribution in [0, 0.1) is 0 Å². The van der Waals surface area contributed by atoms with E-state index in [0.29, 0.717) is 43.2 Å². The highest BCUT2D eigenvalue weighted by molar-refractivity contribution is 7.80. The Bertz CT molecular complexity index is 869. The van der Waals surface area contributed by atoms with E-state index in [9.17, 15) is 9.59 Å². The third-order valence-electron chi connectivity index (χ3n) is 4.11. The van der Waals surface area contributed by atoms with Gasteiger partial charge < -0.3 is 19.7 Å². The van der Waals surface area contributed by atoms with Gasteiger partial charge in [-0.25, -0.2) is 0 Å². The van der Waals surface area contributed by atoms with Crippen molar-refractivity contribution in [3.63, 3.8) is 0 Å². The van der Waals surface area contributed by atoms with Crippen LogP contribution in [0.25, 0.3) is 0 Å². The fraction of sp³-hybridized carbons (Fsp3) is 0.318. The van der Waals surface area contributed by atoms with Crippen LogP contribution in [-0.4, -0.2) is 55.7 Å². The first kappa shape index (κ1) is 23.3. The summed E-state index contributed by atoms with van der Waals surface area (Å²) in [5.74, 6) is 0.126. The molecule has 0 aromatic heterocycles. The van der Waals surface area contributed by atoms with Gasteiger partial charge in [-0.1, -0.05) is 24.3 Å². The Morgan fingerprint density at radius 3 is 2.40 bits per heavy atom. The van der Waals surface area contributed by atoms with Crippen molar-refractivity contribution in [3.8, 4) is 5.75 Å². The van der Waals surface area contributed by atoms with Crippen LogP contribution in [0.3, 0.4) is 0 Å². The maximum Gasteiger partial charge on any atom is 0.261 e. The summed E-state index contributed by atoms with van der Waals surface area (Å²) in [5, 5.41) is 5.79. The highest BCUT2D eigenvalue weighted by Crippen LogP contribution is 2.18. The van der Waals surface area contributed by atoms with E-state index in [1.54, 1.807) is 43.3 Å². The van der Waals surface area contributed by atoms with Crippen molar-refractivity contribution in [1.29, 1.82) is 0 Å². The van der Waals surface area contributed by atoms with Gasteiger partial charge in [-0.05, 0) is 49.0 Å². The average molecular weight is 430 g/mol. The van der Waals surface area contributed by atoms with Crippen molar-refractivity contribution in [2.45, 2.75) is 13.3 Å². The second kappa shape index (κ2) is 11.9. The molecule has 0 spiro atoms. The molecule has 0 aliphatic carbocycles. The number of hydrogen-bond acceptors (Lipinski definition) is 5. The molecule has 2 amide bonds. The first-order chi connectivity index (χ1) is 14.4. The number of carbonyl (C=O) groups excluding carboxylic acids is 2. The van der Waals surface area contributed by atoms with Crippen molar-refractivity contribution in [2.75, 3.05) is 39.2 Å². The van der Waals surface area contributed by atoms with Gasteiger partial charge in [-0.3, -0.25) is 14.9 Å². The molecule has 160 valence electrons. The van der Waals surface area contributed by atoms with Crippen molar-refractivity contribution >= 4 is 34.8 Å². The number of ether oxygens (including phenoxy) is 2. The van der Waals surface area contributed by atoms with Gasteiger partial charge in [0, 0.05) is 26.4 Å². The topological polar surface area (TPSA) is 79.9 Å². The molecule has 30 heavy (non-hydrogen) atoms. The lowest BCUT2D eigenvalue weighted by Gasteiger charge is -2.13. The Morgan fingerprint density at radius 2 is 1.73 bits per heavy atom. The zero-order chi connectivity index (χ0) is 21.9. The van der Waals surface area contributed by atoms with E-state index >= 15 is 0 Å². The van der Waals surface area contributed by atoms with E-state index in [1.807, 2.05) is 31.2 Å². The Hall–Kier alpha value is -2.97. The van der Waals surface area contributed by atoms with Crippen LogP contribution in [0.2, 0.25) is 0 Å². The van der Waals surface area contributed by atoms with Crippen LogP contribution >= 0.6 is 12.2 Å². The minimum absolute atomic E-state index is 0.0284. The predicted molar refractivity (Wildman–Crippen MR) is 121 cm³/mol. The summed E-state index contributed by atoms with van der Waals surface area (Å²) in [5.41, 5.74) is 1.99. The van der Waals surface area contributed by atoms with Crippen molar-refractivity contribution < 1.29 is 19.1 Å². The number of anilines is 1. The van der Waals surface area contributed by atoms with Crippen molar-refractivity contribution in [1.82, 2.24) is 10.2 Å². The molecule has 0 saturated carbocycles. The van der Waals surface area contributed by atoms with Crippen LogP contribution in [0.15, 0.2) is 48.5 Å². The largest absolute Gasteiger partial charge is 0.490 e. The Morgan fingerprint density at radius 1 is 1.03 bits per heavy atom. The number of benzene rings is 2. The number of nitrogens with one attached hydrogen (secondary N) is 2. The monoisotopic (exact) mass is 429 g/mol. The molecule has 0 aliphatic heterocycles. The predicted octanol–water partition coefficient (Wildman–Crippen LogP) is 2.86. The van der Waals surface area contributed by atoms with Crippen LogP contribution in [0.1, 0.15) is 22.8 Å². The number of nitrogens with zero attached hydrogens (tertiary/aromatic N) is 1. The van der Waals surface area contributed by atoms with Gasteiger partial charge in [0.1, 0.15) is 12.4 Å². The number of para-hydroxylation sites is 1. The lowest BCUT2D eigenvalue weighted by molar-refractivity contribution is -0.127. The van der Waals surface area contributed by atoms with E-state index in [0.717, 1.165) is 5.56 Å². The number of carbonyl (C=O) groups is 2. The van der Waals surface area contributed by atoms with Gasteiger partial charge in [0.25, 0.3) is 5.91 Å². The Balaban J connectivity index is 1.92. The summed E-state index contributed by atoms with van der Waals surface area (Å²) >= 11 is 5.25. The summed E-state index contributed by atoms with van der Waals surface area (Å²) < 4.78 is 10.9. The van der Waals surface area contributed by atoms with Gasteiger partial charge in [-0.2, -0.15) is 0 Å². The lowest BCUT2D eigenvalue weighted by atomic mass is 10.1. The van der Waals surface area contributed by atoms with Crippen LogP contribution in [0.4, 0.5) is 5.69 Å². The van der Waals surface area contributed by atoms with E-state index in [4.69, 9.17) is 21.7 Å². The van der Waals surface area contributed by atoms with Gasteiger partial charge in [0.2, 0.25) is 5.91 Å². The minimum Gasteiger partial charge on any atom is -0.490 e. The Labute approximate surface area is 182 Å². The Kier molecular flexibility index (Phi) is 9.24. The summed E-state index contributed by atoms with van der Waals surface area (Å²) in [6.45, 7) is 3.32. The number of thiocarbonyl (C=S) groups is 1. The molecule has 7 nitrogen and oxygen atoms in total. The summed E-state index contributed by atoms with van der Waals surface area (Å²) in [6.07, 6.45) is 0.328. The molecule has 0 saturated heterocycles. The fourth-order valence-corrected chi connectivity index (χ4v) is 2.72.